The van der Waals surface area contributed by atoms with Crippen molar-refractivity contribution in [3.8, 4) is 21.1 Å². The van der Waals surface area contributed by atoms with Crippen molar-refractivity contribution in [1.29, 1.82) is 0 Å². The molecule has 0 radical (unpaired) electrons. The normalized spacial score (nSPS) is 19.0. The number of hydrogen-bond acceptors (Lipinski definition) is 7. The van der Waals surface area contributed by atoms with Gasteiger partial charge < -0.3 is 9.64 Å². The zero-order chi connectivity index (χ0) is 24.4. The lowest BCUT2D eigenvalue weighted by Crippen LogP contribution is -2.51. The lowest BCUT2D eigenvalue weighted by Gasteiger charge is -2.44. The molecule has 7 heteroatoms. The SMILES string of the molecule is COC(=O)c1ccc(-c2nnc(-c3ccc(N4CCN(C5CCC(C)(C)CC5)CC4)cc3)s2)cc1. The quantitative estimate of drug-likeness (QED) is 0.425. The first kappa shape index (κ1) is 23.9. The molecule has 1 saturated heterocycles. The van der Waals surface area contributed by atoms with Crippen molar-refractivity contribution in [3.63, 3.8) is 0 Å². The summed E-state index contributed by atoms with van der Waals surface area (Å²) >= 11 is 1.56. The molecule has 184 valence electrons. The largest absolute Gasteiger partial charge is 0.465 e. The number of aromatic nitrogens is 2. The first-order valence-corrected chi connectivity index (χ1v) is 13.4. The van der Waals surface area contributed by atoms with E-state index in [1.165, 1.54) is 38.5 Å². The van der Waals surface area contributed by atoms with Crippen LogP contribution in [0.25, 0.3) is 21.1 Å². The second-order valence-electron chi connectivity index (χ2n) is 10.4. The van der Waals surface area contributed by atoms with E-state index < -0.39 is 0 Å². The fourth-order valence-electron chi connectivity index (χ4n) is 5.23. The van der Waals surface area contributed by atoms with Gasteiger partial charge in [0.25, 0.3) is 0 Å². The third kappa shape index (κ3) is 5.41. The van der Waals surface area contributed by atoms with E-state index in [-0.39, 0.29) is 5.97 Å². The minimum atomic E-state index is -0.339. The molecule has 2 heterocycles. The van der Waals surface area contributed by atoms with E-state index in [1.807, 2.05) is 12.1 Å². The molecule has 0 N–H and O–H groups in total. The summed E-state index contributed by atoms with van der Waals surface area (Å²) in [6.07, 6.45) is 5.40. The molecular formula is C28H34N4O2S. The average molecular weight is 491 g/mol. The topological polar surface area (TPSA) is 58.6 Å². The molecule has 0 spiro atoms. The molecule has 2 aliphatic rings. The summed E-state index contributed by atoms with van der Waals surface area (Å²) in [6.45, 7) is 9.31. The maximum Gasteiger partial charge on any atom is 0.337 e. The van der Waals surface area contributed by atoms with Gasteiger partial charge in [-0.2, -0.15) is 0 Å². The van der Waals surface area contributed by atoms with Crippen LogP contribution in [0.3, 0.4) is 0 Å². The van der Waals surface area contributed by atoms with Crippen LogP contribution in [0.2, 0.25) is 0 Å². The number of piperazine rings is 1. The monoisotopic (exact) mass is 490 g/mol. The van der Waals surface area contributed by atoms with Gasteiger partial charge in [-0.25, -0.2) is 4.79 Å². The number of rotatable bonds is 5. The number of carbonyl (C=O) groups excluding carboxylic acids is 1. The Morgan fingerprint density at radius 1 is 0.886 bits per heavy atom. The minimum Gasteiger partial charge on any atom is -0.465 e. The highest BCUT2D eigenvalue weighted by atomic mass is 32.1. The molecule has 1 saturated carbocycles. The van der Waals surface area contributed by atoms with Crippen LogP contribution < -0.4 is 4.90 Å². The van der Waals surface area contributed by atoms with Gasteiger partial charge in [0.15, 0.2) is 0 Å². The Bertz CT molecular complexity index is 1140. The van der Waals surface area contributed by atoms with Gasteiger partial charge in [-0.3, -0.25) is 4.90 Å². The Kier molecular flexibility index (Phi) is 6.89. The molecule has 0 atom stereocenters. The van der Waals surface area contributed by atoms with Crippen molar-refractivity contribution in [1.82, 2.24) is 15.1 Å². The molecule has 1 aromatic heterocycles. The maximum absolute atomic E-state index is 11.6. The third-order valence-electron chi connectivity index (χ3n) is 7.60. The van der Waals surface area contributed by atoms with Crippen LogP contribution in [0.5, 0.6) is 0 Å². The molecule has 2 aromatic carbocycles. The molecule has 6 nitrogen and oxygen atoms in total. The molecular weight excluding hydrogens is 456 g/mol. The van der Waals surface area contributed by atoms with Gasteiger partial charge in [0.1, 0.15) is 10.0 Å². The lowest BCUT2D eigenvalue weighted by molar-refractivity contribution is 0.0600. The maximum atomic E-state index is 11.6. The van der Waals surface area contributed by atoms with Gasteiger partial charge >= 0.3 is 5.97 Å². The van der Waals surface area contributed by atoms with Gasteiger partial charge in [0.2, 0.25) is 0 Å². The summed E-state index contributed by atoms with van der Waals surface area (Å²) in [6, 6.07) is 16.8. The van der Waals surface area contributed by atoms with Crippen LogP contribution in [-0.4, -0.2) is 60.4 Å². The number of methoxy groups -OCH3 is 1. The van der Waals surface area contributed by atoms with Crippen LogP contribution in [0, 0.1) is 5.41 Å². The lowest BCUT2D eigenvalue weighted by atomic mass is 9.75. The molecule has 3 aromatic rings. The van der Waals surface area contributed by atoms with E-state index in [9.17, 15) is 4.79 Å². The summed E-state index contributed by atoms with van der Waals surface area (Å²) in [7, 11) is 1.39. The highest BCUT2D eigenvalue weighted by Gasteiger charge is 2.31. The zero-order valence-corrected chi connectivity index (χ0v) is 21.7. The number of nitrogens with zero attached hydrogens (tertiary/aromatic N) is 4. The van der Waals surface area contributed by atoms with E-state index in [0.29, 0.717) is 11.0 Å². The van der Waals surface area contributed by atoms with Gasteiger partial charge in [-0.05, 0) is 67.5 Å². The van der Waals surface area contributed by atoms with Crippen LogP contribution in [-0.2, 0) is 4.74 Å². The van der Waals surface area contributed by atoms with E-state index in [1.54, 1.807) is 23.5 Å². The standard InChI is InChI=1S/C28H34N4O2S/c1-28(2)14-12-24(13-15-28)32-18-16-31(17-19-32)23-10-8-21(9-11-23)26-30-29-25(35-26)20-4-6-22(7-5-20)27(33)34-3/h4-11,24H,12-19H2,1-3H3. The molecule has 2 fully saturated rings. The van der Waals surface area contributed by atoms with Crippen LogP contribution in [0.15, 0.2) is 48.5 Å². The Morgan fingerprint density at radius 2 is 1.43 bits per heavy atom. The zero-order valence-electron chi connectivity index (χ0n) is 20.9. The molecule has 35 heavy (non-hydrogen) atoms. The van der Waals surface area contributed by atoms with Gasteiger partial charge in [-0.1, -0.05) is 37.3 Å². The second kappa shape index (κ2) is 10.1. The van der Waals surface area contributed by atoms with Crippen molar-refractivity contribution in [2.24, 2.45) is 5.41 Å². The molecule has 1 aliphatic carbocycles. The number of esters is 1. The first-order valence-electron chi connectivity index (χ1n) is 12.5. The van der Waals surface area contributed by atoms with E-state index in [2.05, 4.69) is 58.1 Å². The van der Waals surface area contributed by atoms with E-state index in [4.69, 9.17) is 4.74 Å². The van der Waals surface area contributed by atoms with Crippen LogP contribution in [0.1, 0.15) is 49.9 Å². The Balaban J connectivity index is 1.19. The third-order valence-corrected chi connectivity index (χ3v) is 8.62. The van der Waals surface area contributed by atoms with Crippen molar-refractivity contribution in [2.75, 3.05) is 38.2 Å². The summed E-state index contributed by atoms with van der Waals surface area (Å²) in [5.74, 6) is -0.339. The first-order chi connectivity index (χ1) is 16.9. The molecule has 0 amide bonds. The summed E-state index contributed by atoms with van der Waals surface area (Å²) < 4.78 is 4.77. The molecule has 0 bridgehead atoms. The van der Waals surface area contributed by atoms with Crippen molar-refractivity contribution in [3.05, 3.63) is 54.1 Å². The van der Waals surface area contributed by atoms with Crippen LogP contribution >= 0.6 is 11.3 Å². The number of carbonyl (C=O) groups is 1. The van der Waals surface area contributed by atoms with Crippen molar-refractivity contribution < 1.29 is 9.53 Å². The second-order valence-corrected chi connectivity index (χ2v) is 11.4. The van der Waals surface area contributed by atoms with Crippen molar-refractivity contribution >= 4 is 23.0 Å². The Labute approximate surface area is 211 Å². The summed E-state index contributed by atoms with van der Waals surface area (Å²) in [4.78, 5) is 16.9. The number of benzene rings is 2. The Hall–Kier alpha value is -2.77. The molecule has 0 unspecified atom stereocenters. The van der Waals surface area contributed by atoms with Crippen LogP contribution in [0.4, 0.5) is 5.69 Å². The van der Waals surface area contributed by atoms with E-state index >= 15 is 0 Å². The van der Waals surface area contributed by atoms with E-state index in [0.717, 1.165) is 53.4 Å². The highest BCUT2D eigenvalue weighted by Crippen LogP contribution is 2.37. The summed E-state index contributed by atoms with van der Waals surface area (Å²) in [5, 5.41) is 10.5. The predicted octanol–water partition coefficient (Wildman–Crippen LogP) is 5.75. The predicted molar refractivity (Wildman–Crippen MR) is 142 cm³/mol. The number of ether oxygens (including phenoxy) is 1. The number of hydrogen-bond donors (Lipinski definition) is 0. The molecule has 5 rings (SSSR count). The number of anilines is 1. The fourth-order valence-corrected chi connectivity index (χ4v) is 6.09. The highest BCUT2D eigenvalue weighted by molar-refractivity contribution is 7.17. The van der Waals surface area contributed by atoms with Crippen molar-refractivity contribution in [2.45, 2.75) is 45.6 Å². The fraction of sp³-hybridized carbons (Fsp3) is 0.464. The summed E-state index contributed by atoms with van der Waals surface area (Å²) in [5.41, 5.74) is 4.36. The minimum absolute atomic E-state index is 0.339. The molecule has 1 aliphatic heterocycles. The van der Waals surface area contributed by atoms with Gasteiger partial charge in [0, 0.05) is 49.0 Å². The smallest absolute Gasteiger partial charge is 0.337 e. The Morgan fingerprint density at radius 3 is 1.97 bits per heavy atom. The van der Waals surface area contributed by atoms with Gasteiger partial charge in [0.05, 0.1) is 12.7 Å². The average Bonchev–Trinajstić information content (AvgIpc) is 3.39. The van der Waals surface area contributed by atoms with Gasteiger partial charge in [-0.15, -0.1) is 10.2 Å².